The van der Waals surface area contributed by atoms with Crippen LogP contribution in [0.1, 0.15) is 36.8 Å². The van der Waals surface area contributed by atoms with Gasteiger partial charge in [0.15, 0.2) is 0 Å². The molecule has 0 fully saturated rings. The molecule has 3 rings (SSSR count). The van der Waals surface area contributed by atoms with Crippen LogP contribution in [-0.2, 0) is 9.47 Å². The van der Waals surface area contributed by atoms with Crippen molar-refractivity contribution in [3.05, 3.63) is 51.7 Å². The molecular formula is C20H22N4O6. The van der Waals surface area contributed by atoms with E-state index in [0.29, 0.717) is 16.7 Å². The lowest BCUT2D eigenvalue weighted by Crippen LogP contribution is -2.35. The van der Waals surface area contributed by atoms with Crippen molar-refractivity contribution in [1.82, 2.24) is 14.9 Å². The number of ether oxygens (including phenoxy) is 2. The van der Waals surface area contributed by atoms with Crippen molar-refractivity contribution < 1.29 is 24.0 Å². The van der Waals surface area contributed by atoms with E-state index in [2.05, 4.69) is 14.7 Å². The molecule has 10 heteroatoms. The molecule has 1 amide bonds. The molecule has 1 aliphatic heterocycles. The smallest absolute Gasteiger partial charge is 0.410 e. The molecule has 10 nitrogen and oxygen atoms in total. The van der Waals surface area contributed by atoms with E-state index >= 15 is 0 Å². The maximum Gasteiger partial charge on any atom is 0.410 e. The molecule has 0 bridgehead atoms. The fourth-order valence-electron chi connectivity index (χ4n) is 2.94. The number of benzene rings is 1. The lowest BCUT2D eigenvalue weighted by atomic mass is 10.1. The molecule has 0 atom stereocenters. The van der Waals surface area contributed by atoms with Crippen LogP contribution < -0.4 is 0 Å². The lowest BCUT2D eigenvalue weighted by Gasteiger charge is -2.24. The number of hydrogen-bond acceptors (Lipinski definition) is 7. The normalized spacial score (nSPS) is 13.7. The van der Waals surface area contributed by atoms with Crippen LogP contribution in [0.5, 0.6) is 0 Å². The molecule has 0 spiro atoms. The highest BCUT2D eigenvalue weighted by Crippen LogP contribution is 2.31. The van der Waals surface area contributed by atoms with E-state index in [9.17, 15) is 19.7 Å². The van der Waals surface area contributed by atoms with E-state index in [0.717, 1.165) is 0 Å². The van der Waals surface area contributed by atoms with Crippen molar-refractivity contribution in [3.63, 3.8) is 0 Å². The summed E-state index contributed by atoms with van der Waals surface area (Å²) in [6.07, 6.45) is 1.24. The molecule has 1 aromatic carbocycles. The topological polar surface area (TPSA) is 128 Å². The van der Waals surface area contributed by atoms with Crippen LogP contribution >= 0.6 is 0 Å². The summed E-state index contributed by atoms with van der Waals surface area (Å²) in [6.45, 7) is 5.76. The van der Waals surface area contributed by atoms with Crippen LogP contribution in [-0.4, -0.2) is 57.7 Å². The van der Waals surface area contributed by atoms with Gasteiger partial charge in [-0.05, 0) is 54.9 Å². The summed E-state index contributed by atoms with van der Waals surface area (Å²) in [5.41, 5.74) is 1.10. The minimum Gasteiger partial charge on any atom is -0.465 e. The number of nitrogens with zero attached hydrogens (tertiary/aromatic N) is 3. The third kappa shape index (κ3) is 4.48. The number of nitro groups is 1. The van der Waals surface area contributed by atoms with Crippen molar-refractivity contribution in [2.24, 2.45) is 0 Å². The second-order valence-electron chi connectivity index (χ2n) is 7.70. The van der Waals surface area contributed by atoms with Gasteiger partial charge >= 0.3 is 17.9 Å². The molecule has 0 radical (unpaired) electrons. The predicted molar refractivity (Wildman–Crippen MR) is 108 cm³/mol. The molecular weight excluding hydrogens is 392 g/mol. The molecule has 0 aliphatic carbocycles. The van der Waals surface area contributed by atoms with Gasteiger partial charge in [-0.1, -0.05) is 6.08 Å². The molecule has 0 saturated heterocycles. The van der Waals surface area contributed by atoms with E-state index in [4.69, 9.17) is 4.74 Å². The molecule has 2 heterocycles. The first kappa shape index (κ1) is 21.0. The van der Waals surface area contributed by atoms with Crippen molar-refractivity contribution in [2.45, 2.75) is 26.4 Å². The summed E-state index contributed by atoms with van der Waals surface area (Å²) in [7, 11) is 1.29. The van der Waals surface area contributed by atoms with E-state index in [1.165, 1.54) is 12.0 Å². The highest BCUT2D eigenvalue weighted by atomic mass is 16.6. The largest absolute Gasteiger partial charge is 0.465 e. The van der Waals surface area contributed by atoms with Gasteiger partial charge in [-0.15, -0.1) is 0 Å². The van der Waals surface area contributed by atoms with Gasteiger partial charge in [-0.3, -0.25) is 0 Å². The number of hydrogen-bond donors (Lipinski definition) is 1. The first-order valence-electron chi connectivity index (χ1n) is 9.19. The first-order valence-corrected chi connectivity index (χ1v) is 9.19. The monoisotopic (exact) mass is 414 g/mol. The Balaban J connectivity index is 1.85. The lowest BCUT2D eigenvalue weighted by molar-refractivity contribution is -0.389. The Morgan fingerprint density at radius 3 is 2.47 bits per heavy atom. The van der Waals surface area contributed by atoms with Gasteiger partial charge in [-0.2, -0.15) is 0 Å². The molecule has 1 N–H and O–H groups in total. The third-order valence-corrected chi connectivity index (χ3v) is 4.33. The number of imidazole rings is 1. The Labute approximate surface area is 172 Å². The standard InChI is InChI=1S/C20H22N4O6/c1-20(2,3)30-19(26)23-10-9-14(11-23)15-17(24(27)28)22-16(21-15)12-5-7-13(8-6-12)18(25)29-4/h5-9H,10-11H2,1-4H3,(H,21,22). The van der Waals surface area contributed by atoms with E-state index in [1.807, 2.05) is 0 Å². The minimum absolute atomic E-state index is 0.165. The highest BCUT2D eigenvalue weighted by Gasteiger charge is 2.31. The van der Waals surface area contributed by atoms with E-state index in [-0.39, 0.29) is 30.4 Å². The number of methoxy groups -OCH3 is 1. The summed E-state index contributed by atoms with van der Waals surface area (Å²) in [6, 6.07) is 6.34. The zero-order valence-electron chi connectivity index (χ0n) is 17.1. The highest BCUT2D eigenvalue weighted by molar-refractivity contribution is 5.90. The number of aromatic nitrogens is 2. The number of H-pyrrole nitrogens is 1. The minimum atomic E-state index is -0.636. The Morgan fingerprint density at radius 1 is 1.23 bits per heavy atom. The van der Waals surface area contributed by atoms with Gasteiger partial charge in [0, 0.05) is 17.7 Å². The average Bonchev–Trinajstić information content (AvgIpc) is 3.33. The Kier molecular flexibility index (Phi) is 5.59. The van der Waals surface area contributed by atoms with Crippen molar-refractivity contribution in [3.8, 4) is 11.4 Å². The van der Waals surface area contributed by atoms with Crippen LogP contribution in [0.2, 0.25) is 0 Å². The first-order chi connectivity index (χ1) is 14.1. The van der Waals surface area contributed by atoms with Crippen molar-refractivity contribution in [2.75, 3.05) is 20.2 Å². The second kappa shape index (κ2) is 7.97. The van der Waals surface area contributed by atoms with E-state index < -0.39 is 22.6 Å². The van der Waals surface area contributed by atoms with Crippen LogP contribution in [0, 0.1) is 10.1 Å². The number of rotatable bonds is 4. The Morgan fingerprint density at radius 2 is 1.90 bits per heavy atom. The molecule has 0 saturated carbocycles. The fourth-order valence-corrected chi connectivity index (χ4v) is 2.94. The second-order valence-corrected chi connectivity index (χ2v) is 7.70. The average molecular weight is 414 g/mol. The Hall–Kier alpha value is -3.69. The quantitative estimate of drug-likeness (QED) is 0.461. The third-order valence-electron chi connectivity index (χ3n) is 4.33. The van der Waals surface area contributed by atoms with Crippen LogP contribution in [0.25, 0.3) is 17.0 Å². The Bertz CT molecular complexity index is 1020. The number of esters is 1. The molecule has 1 aliphatic rings. The van der Waals surface area contributed by atoms with Crippen molar-refractivity contribution >= 4 is 23.5 Å². The number of aromatic amines is 1. The van der Waals surface area contributed by atoms with Crippen LogP contribution in [0.4, 0.5) is 10.6 Å². The van der Waals surface area contributed by atoms with E-state index in [1.54, 1.807) is 51.1 Å². The summed E-state index contributed by atoms with van der Waals surface area (Å²) < 4.78 is 10.0. The van der Waals surface area contributed by atoms with Gasteiger partial charge in [0.05, 0.1) is 19.2 Å². The summed E-state index contributed by atoms with van der Waals surface area (Å²) in [4.78, 5) is 43.3. The summed E-state index contributed by atoms with van der Waals surface area (Å²) >= 11 is 0. The van der Waals surface area contributed by atoms with Gasteiger partial charge in [0.25, 0.3) is 5.82 Å². The molecule has 158 valence electrons. The maximum atomic E-state index is 12.3. The van der Waals surface area contributed by atoms with Gasteiger partial charge in [0.1, 0.15) is 11.3 Å². The SMILES string of the molecule is COC(=O)c1ccc(-c2nc([N+](=O)[O-])c(C3=CCN(C(=O)OC(C)(C)C)C3)[nH]2)cc1. The van der Waals surface area contributed by atoms with Gasteiger partial charge in [-0.25, -0.2) is 9.59 Å². The molecule has 0 unspecified atom stereocenters. The molecule has 1 aromatic heterocycles. The van der Waals surface area contributed by atoms with Crippen molar-refractivity contribution in [1.29, 1.82) is 0 Å². The van der Waals surface area contributed by atoms with Crippen LogP contribution in [0.15, 0.2) is 30.3 Å². The fraction of sp³-hybridized carbons (Fsp3) is 0.350. The zero-order chi connectivity index (χ0) is 22.1. The molecule has 2 aromatic rings. The van der Waals surface area contributed by atoms with Crippen LogP contribution in [0.3, 0.4) is 0 Å². The number of carbonyl (C=O) groups excluding carboxylic acids is 2. The summed E-state index contributed by atoms with van der Waals surface area (Å²) in [5.74, 6) is -0.532. The number of carbonyl (C=O) groups is 2. The number of amides is 1. The zero-order valence-corrected chi connectivity index (χ0v) is 17.1. The maximum absolute atomic E-state index is 12.3. The van der Waals surface area contributed by atoms with Gasteiger partial charge < -0.3 is 29.5 Å². The summed E-state index contributed by atoms with van der Waals surface area (Å²) in [5, 5.41) is 11.5. The molecule has 30 heavy (non-hydrogen) atoms. The van der Waals surface area contributed by atoms with Gasteiger partial charge in [0.2, 0.25) is 0 Å². The number of nitrogens with one attached hydrogen (secondary N) is 1. The predicted octanol–water partition coefficient (Wildman–Crippen LogP) is 3.41.